The highest BCUT2D eigenvalue weighted by molar-refractivity contribution is 7.92. The quantitative estimate of drug-likeness (QED) is 0.325. The van der Waals surface area contributed by atoms with Gasteiger partial charge >= 0.3 is 0 Å². The first-order valence-electron chi connectivity index (χ1n) is 14.1. The number of methoxy groups -OCH3 is 1. The number of nitrogens with zero attached hydrogens (tertiary/aromatic N) is 2. The molecule has 1 unspecified atom stereocenters. The highest BCUT2D eigenvalue weighted by Crippen LogP contribution is 2.28. The number of amides is 2. The van der Waals surface area contributed by atoms with Crippen LogP contribution in [0.2, 0.25) is 0 Å². The van der Waals surface area contributed by atoms with Crippen molar-refractivity contribution in [2.24, 2.45) is 0 Å². The van der Waals surface area contributed by atoms with Gasteiger partial charge in [-0.15, -0.1) is 0 Å². The van der Waals surface area contributed by atoms with Crippen LogP contribution in [0.1, 0.15) is 50.2 Å². The average Bonchev–Trinajstić information content (AvgIpc) is 3.49. The minimum atomic E-state index is -4.09. The summed E-state index contributed by atoms with van der Waals surface area (Å²) in [5, 5.41) is 3.13. The van der Waals surface area contributed by atoms with Gasteiger partial charge in [0.15, 0.2) is 0 Å². The summed E-state index contributed by atoms with van der Waals surface area (Å²) in [6.45, 7) is 3.34. The van der Waals surface area contributed by atoms with E-state index < -0.39 is 28.5 Å². The maximum Gasteiger partial charge on any atom is 0.264 e. The Morgan fingerprint density at radius 2 is 1.66 bits per heavy atom. The van der Waals surface area contributed by atoms with Gasteiger partial charge in [-0.25, -0.2) is 8.42 Å². The highest BCUT2D eigenvalue weighted by atomic mass is 32.2. The van der Waals surface area contributed by atoms with E-state index in [1.807, 2.05) is 50.2 Å². The van der Waals surface area contributed by atoms with E-state index in [4.69, 9.17) is 4.74 Å². The Morgan fingerprint density at radius 3 is 2.32 bits per heavy atom. The number of benzene rings is 3. The first-order valence-corrected chi connectivity index (χ1v) is 15.5. The van der Waals surface area contributed by atoms with Crippen LogP contribution in [0.3, 0.4) is 0 Å². The number of carbonyl (C=O) groups is 2. The molecule has 3 aromatic carbocycles. The van der Waals surface area contributed by atoms with Gasteiger partial charge in [0.2, 0.25) is 11.8 Å². The van der Waals surface area contributed by atoms with Crippen molar-refractivity contribution < 1.29 is 22.7 Å². The van der Waals surface area contributed by atoms with Gasteiger partial charge < -0.3 is 15.0 Å². The van der Waals surface area contributed by atoms with E-state index in [1.165, 1.54) is 17.0 Å². The molecule has 0 saturated heterocycles. The molecular weight excluding hydrogens is 538 g/mol. The van der Waals surface area contributed by atoms with Gasteiger partial charge in [-0.2, -0.15) is 0 Å². The Hall–Kier alpha value is -3.85. The van der Waals surface area contributed by atoms with Crippen molar-refractivity contribution in [3.63, 3.8) is 0 Å². The zero-order chi connectivity index (χ0) is 29.4. The van der Waals surface area contributed by atoms with Crippen LogP contribution in [0.15, 0.2) is 83.8 Å². The van der Waals surface area contributed by atoms with Crippen molar-refractivity contribution >= 4 is 27.5 Å². The van der Waals surface area contributed by atoms with Gasteiger partial charge in [0.25, 0.3) is 10.0 Å². The number of nitrogens with one attached hydrogen (secondary N) is 1. The average molecular weight is 578 g/mol. The minimum absolute atomic E-state index is 0.0846. The third-order valence-corrected chi connectivity index (χ3v) is 9.34. The van der Waals surface area contributed by atoms with Gasteiger partial charge in [-0.05, 0) is 67.6 Å². The third-order valence-electron chi connectivity index (χ3n) is 7.57. The molecule has 1 atom stereocenters. The number of para-hydroxylation sites is 1. The molecule has 0 aliphatic heterocycles. The summed E-state index contributed by atoms with van der Waals surface area (Å²) in [7, 11) is -2.52. The van der Waals surface area contributed by atoms with E-state index in [9.17, 15) is 18.0 Å². The predicted octanol–water partition coefficient (Wildman–Crippen LogP) is 5.07. The van der Waals surface area contributed by atoms with Crippen molar-refractivity contribution in [2.75, 3.05) is 18.0 Å². The van der Waals surface area contributed by atoms with E-state index >= 15 is 0 Å². The molecule has 1 saturated carbocycles. The Bertz CT molecular complexity index is 1440. The van der Waals surface area contributed by atoms with Gasteiger partial charge in [0, 0.05) is 12.6 Å². The number of sulfonamides is 1. The lowest BCUT2D eigenvalue weighted by atomic mass is 10.1. The Labute approximate surface area is 243 Å². The number of ether oxygens (including phenoxy) is 1. The minimum Gasteiger partial charge on any atom is -0.497 e. The molecule has 0 spiro atoms. The van der Waals surface area contributed by atoms with Crippen LogP contribution in [-0.4, -0.2) is 50.9 Å². The van der Waals surface area contributed by atoms with Crippen molar-refractivity contribution in [2.45, 2.75) is 69.5 Å². The third kappa shape index (κ3) is 7.27. The summed E-state index contributed by atoms with van der Waals surface area (Å²) < 4.78 is 34.4. The zero-order valence-corrected chi connectivity index (χ0v) is 24.8. The molecule has 0 heterocycles. The van der Waals surface area contributed by atoms with E-state index in [1.54, 1.807) is 37.4 Å². The van der Waals surface area contributed by atoms with E-state index in [0.717, 1.165) is 35.6 Å². The molecule has 1 N–H and O–H groups in total. The second-order valence-electron chi connectivity index (χ2n) is 10.4. The first-order chi connectivity index (χ1) is 19.7. The normalized spacial score (nSPS) is 14.3. The Morgan fingerprint density at radius 1 is 0.976 bits per heavy atom. The number of anilines is 1. The SMILES string of the molecule is CCC(C(=O)NC1CCCC1)N(Cc1cccc(OC)c1)C(=O)CN(c1ccccc1C)S(=O)(=O)c1ccccc1. The molecule has 1 aliphatic carbocycles. The monoisotopic (exact) mass is 577 g/mol. The predicted molar refractivity (Wildman–Crippen MR) is 160 cm³/mol. The summed E-state index contributed by atoms with van der Waals surface area (Å²) in [5.41, 5.74) is 1.90. The number of carbonyl (C=O) groups excluding carboxylic acids is 2. The molecular formula is C32H39N3O5S. The molecule has 0 radical (unpaired) electrons. The largest absolute Gasteiger partial charge is 0.497 e. The summed E-state index contributed by atoms with van der Waals surface area (Å²) in [6.07, 6.45) is 4.35. The number of hydrogen-bond donors (Lipinski definition) is 1. The molecule has 41 heavy (non-hydrogen) atoms. The van der Waals surface area contributed by atoms with Crippen molar-refractivity contribution in [3.8, 4) is 5.75 Å². The summed E-state index contributed by atoms with van der Waals surface area (Å²) in [6, 6.07) is 21.8. The van der Waals surface area contributed by atoms with E-state index in [2.05, 4.69) is 5.32 Å². The maximum absolute atomic E-state index is 14.2. The molecule has 3 aromatic rings. The second kappa shape index (κ2) is 13.7. The molecule has 8 nitrogen and oxygen atoms in total. The number of rotatable bonds is 12. The summed E-state index contributed by atoms with van der Waals surface area (Å²) in [5.74, 6) is -0.0560. The molecule has 0 bridgehead atoms. The fourth-order valence-corrected chi connectivity index (χ4v) is 6.83. The Kier molecular flexibility index (Phi) is 10.0. The van der Waals surface area contributed by atoms with Gasteiger partial charge in [0.1, 0.15) is 18.3 Å². The Balaban J connectivity index is 1.72. The van der Waals surface area contributed by atoms with Crippen LogP contribution >= 0.6 is 0 Å². The smallest absolute Gasteiger partial charge is 0.264 e. The lowest BCUT2D eigenvalue weighted by Crippen LogP contribution is -2.53. The van der Waals surface area contributed by atoms with Crippen LogP contribution in [0.4, 0.5) is 5.69 Å². The molecule has 1 aliphatic rings. The lowest BCUT2D eigenvalue weighted by molar-refractivity contribution is -0.140. The van der Waals surface area contributed by atoms with Crippen LogP contribution in [0, 0.1) is 6.92 Å². The second-order valence-corrected chi connectivity index (χ2v) is 12.3. The first kappa shape index (κ1) is 30.1. The molecule has 1 fully saturated rings. The standard InChI is InChI=1S/C32H39N3O5S/c1-4-29(32(37)33-26-15-9-10-16-26)34(22-25-14-12-17-27(21-25)40-3)31(36)23-35(30-20-11-8-13-24(30)2)41(38,39)28-18-6-5-7-19-28/h5-8,11-14,17-21,26,29H,4,9-10,15-16,22-23H2,1-3H3,(H,33,37). The van der Waals surface area contributed by atoms with Crippen LogP contribution in [0.25, 0.3) is 0 Å². The van der Waals surface area contributed by atoms with Crippen molar-refractivity contribution in [1.29, 1.82) is 0 Å². The molecule has 2 amide bonds. The maximum atomic E-state index is 14.2. The highest BCUT2D eigenvalue weighted by Gasteiger charge is 2.35. The van der Waals surface area contributed by atoms with Crippen LogP contribution < -0.4 is 14.4 Å². The lowest BCUT2D eigenvalue weighted by Gasteiger charge is -2.34. The number of hydrogen-bond acceptors (Lipinski definition) is 5. The van der Waals surface area contributed by atoms with E-state index in [0.29, 0.717) is 23.4 Å². The van der Waals surface area contributed by atoms with Crippen molar-refractivity contribution in [3.05, 3.63) is 90.0 Å². The van der Waals surface area contributed by atoms with Crippen LogP contribution in [0.5, 0.6) is 5.75 Å². The molecule has 9 heteroatoms. The van der Waals surface area contributed by atoms with E-state index in [-0.39, 0.29) is 23.4 Å². The summed E-state index contributed by atoms with van der Waals surface area (Å²) >= 11 is 0. The van der Waals surface area contributed by atoms with Gasteiger partial charge in [-0.1, -0.05) is 68.3 Å². The topological polar surface area (TPSA) is 96.0 Å². The number of aryl methyl sites for hydroxylation is 1. The molecule has 0 aromatic heterocycles. The fourth-order valence-electron chi connectivity index (χ4n) is 5.33. The van der Waals surface area contributed by atoms with Crippen molar-refractivity contribution in [1.82, 2.24) is 10.2 Å². The summed E-state index contributed by atoms with van der Waals surface area (Å²) in [4.78, 5) is 29.4. The van der Waals surface area contributed by atoms with Crippen LogP contribution in [-0.2, 0) is 26.2 Å². The fraction of sp³-hybridized carbons (Fsp3) is 0.375. The van der Waals surface area contributed by atoms with Gasteiger partial charge in [0.05, 0.1) is 17.7 Å². The van der Waals surface area contributed by atoms with Gasteiger partial charge in [-0.3, -0.25) is 13.9 Å². The molecule has 218 valence electrons. The molecule has 4 rings (SSSR count). The zero-order valence-electron chi connectivity index (χ0n) is 24.0.